The molecule has 0 saturated carbocycles. The molecule has 0 radical (unpaired) electrons. The number of nitro benzene ring substituents is 1. The van der Waals surface area contributed by atoms with Crippen LogP contribution in [-0.4, -0.2) is 36.5 Å². The zero-order valence-corrected chi connectivity index (χ0v) is 11.2. The van der Waals surface area contributed by atoms with E-state index in [-0.39, 0.29) is 18.0 Å². The molecular weight excluding hydrogens is 250 g/mol. The third kappa shape index (κ3) is 4.84. The topological polar surface area (TPSA) is 81.8 Å². The van der Waals surface area contributed by atoms with E-state index in [1.807, 2.05) is 6.92 Å². The summed E-state index contributed by atoms with van der Waals surface area (Å²) in [6.07, 6.45) is 0.507. The number of hydrogen-bond donors (Lipinski definition) is 1. The molecule has 0 fully saturated rings. The summed E-state index contributed by atoms with van der Waals surface area (Å²) >= 11 is 0. The van der Waals surface area contributed by atoms with Crippen molar-refractivity contribution in [3.8, 4) is 5.75 Å². The summed E-state index contributed by atoms with van der Waals surface area (Å²) < 4.78 is 10.2. The zero-order valence-electron chi connectivity index (χ0n) is 11.2. The molecule has 1 unspecified atom stereocenters. The lowest BCUT2D eigenvalue weighted by molar-refractivity contribution is -0.385. The lowest BCUT2D eigenvalue weighted by Crippen LogP contribution is -2.17. The fraction of sp³-hybridized carbons (Fsp3) is 0.538. The van der Waals surface area contributed by atoms with Gasteiger partial charge in [0.05, 0.1) is 24.2 Å². The number of nitrogens with zero attached hydrogens (tertiary/aromatic N) is 1. The van der Waals surface area contributed by atoms with Crippen molar-refractivity contribution in [3.05, 3.63) is 33.9 Å². The van der Waals surface area contributed by atoms with Crippen LogP contribution in [-0.2, 0) is 11.2 Å². The van der Waals surface area contributed by atoms with Crippen LogP contribution in [0.4, 0.5) is 5.69 Å². The van der Waals surface area contributed by atoms with E-state index in [0.717, 1.165) is 12.0 Å². The number of aliphatic hydroxyl groups excluding tert-OH is 1. The highest BCUT2D eigenvalue weighted by Crippen LogP contribution is 2.28. The van der Waals surface area contributed by atoms with E-state index in [4.69, 9.17) is 9.47 Å². The van der Waals surface area contributed by atoms with Crippen molar-refractivity contribution < 1.29 is 19.5 Å². The average molecular weight is 269 g/mol. The normalized spacial score (nSPS) is 12.2. The molecule has 1 rings (SSSR count). The van der Waals surface area contributed by atoms with Crippen molar-refractivity contribution in [3.63, 3.8) is 0 Å². The molecule has 0 amide bonds. The van der Waals surface area contributed by atoms with Crippen molar-refractivity contribution >= 4 is 5.69 Å². The molecule has 19 heavy (non-hydrogen) atoms. The Hall–Kier alpha value is -1.66. The maximum atomic E-state index is 10.9. The van der Waals surface area contributed by atoms with Gasteiger partial charge in [0, 0.05) is 19.6 Å². The minimum absolute atomic E-state index is 0.0570. The Morgan fingerprint density at radius 2 is 2.21 bits per heavy atom. The smallest absolute Gasteiger partial charge is 0.310 e. The van der Waals surface area contributed by atoms with E-state index in [1.54, 1.807) is 12.1 Å². The summed E-state index contributed by atoms with van der Waals surface area (Å²) in [5.74, 6) is 0.244. The van der Waals surface area contributed by atoms with Gasteiger partial charge in [0.1, 0.15) is 0 Å². The molecule has 0 aromatic heterocycles. The number of aliphatic hydroxyl groups is 1. The molecule has 6 heteroatoms. The molecule has 0 aliphatic heterocycles. The van der Waals surface area contributed by atoms with E-state index in [2.05, 4.69) is 0 Å². The number of methoxy groups -OCH3 is 1. The largest absolute Gasteiger partial charge is 0.487 e. The van der Waals surface area contributed by atoms with Crippen LogP contribution in [0.3, 0.4) is 0 Å². The first-order chi connectivity index (χ1) is 9.08. The number of benzene rings is 1. The third-order valence-electron chi connectivity index (χ3n) is 2.51. The second-order valence-corrected chi connectivity index (χ2v) is 4.22. The molecule has 6 nitrogen and oxygen atoms in total. The lowest BCUT2D eigenvalue weighted by atomic mass is 10.1. The lowest BCUT2D eigenvalue weighted by Gasteiger charge is -2.11. The van der Waals surface area contributed by atoms with E-state index in [1.165, 1.54) is 13.2 Å². The fourth-order valence-corrected chi connectivity index (χ4v) is 1.69. The van der Waals surface area contributed by atoms with Crippen molar-refractivity contribution in [2.45, 2.75) is 25.9 Å². The second kappa shape index (κ2) is 7.70. The first-order valence-corrected chi connectivity index (χ1v) is 6.15. The summed E-state index contributed by atoms with van der Waals surface area (Å²) in [5, 5.41) is 20.5. The quantitative estimate of drug-likeness (QED) is 0.576. The molecule has 0 spiro atoms. The predicted molar refractivity (Wildman–Crippen MR) is 70.5 cm³/mol. The minimum Gasteiger partial charge on any atom is -0.487 e. The highest BCUT2D eigenvalue weighted by atomic mass is 16.6. The van der Waals surface area contributed by atoms with Crippen LogP contribution in [0.25, 0.3) is 0 Å². The minimum atomic E-state index is -0.634. The van der Waals surface area contributed by atoms with Crippen molar-refractivity contribution in [2.24, 2.45) is 0 Å². The molecule has 0 aliphatic rings. The van der Waals surface area contributed by atoms with E-state index < -0.39 is 11.0 Å². The Labute approximate surface area is 112 Å². The van der Waals surface area contributed by atoms with Gasteiger partial charge in [-0.2, -0.15) is 0 Å². The first kappa shape index (κ1) is 15.4. The van der Waals surface area contributed by atoms with Gasteiger partial charge in [-0.15, -0.1) is 0 Å². The Bertz CT molecular complexity index is 421. The van der Waals surface area contributed by atoms with Crippen molar-refractivity contribution in [1.29, 1.82) is 0 Å². The number of ether oxygens (including phenoxy) is 2. The van der Waals surface area contributed by atoms with Crippen molar-refractivity contribution in [2.75, 3.05) is 20.3 Å². The monoisotopic (exact) mass is 269 g/mol. The number of rotatable bonds is 8. The molecule has 1 aromatic rings. The molecule has 106 valence electrons. The molecular formula is C13H19NO5. The maximum absolute atomic E-state index is 10.9. The van der Waals surface area contributed by atoms with Crippen LogP contribution in [0.15, 0.2) is 18.2 Å². The van der Waals surface area contributed by atoms with Crippen LogP contribution in [0, 0.1) is 10.1 Å². The highest BCUT2D eigenvalue weighted by Gasteiger charge is 2.16. The van der Waals surface area contributed by atoms with Crippen molar-refractivity contribution in [1.82, 2.24) is 0 Å². The van der Waals surface area contributed by atoms with Gasteiger partial charge in [-0.25, -0.2) is 0 Å². The van der Waals surface area contributed by atoms with E-state index in [0.29, 0.717) is 13.0 Å². The Kier molecular flexibility index (Phi) is 6.24. The summed E-state index contributed by atoms with van der Waals surface area (Å²) in [7, 11) is 1.51. The van der Waals surface area contributed by atoms with Crippen LogP contribution in [0.1, 0.15) is 18.9 Å². The second-order valence-electron chi connectivity index (χ2n) is 4.22. The Morgan fingerprint density at radius 1 is 1.47 bits per heavy atom. The molecule has 0 aliphatic carbocycles. The van der Waals surface area contributed by atoms with Gasteiger partial charge >= 0.3 is 5.69 Å². The Morgan fingerprint density at radius 3 is 2.79 bits per heavy atom. The summed E-state index contributed by atoms with van der Waals surface area (Å²) in [4.78, 5) is 10.4. The van der Waals surface area contributed by atoms with Gasteiger partial charge < -0.3 is 14.6 Å². The third-order valence-corrected chi connectivity index (χ3v) is 2.51. The average Bonchev–Trinajstić information content (AvgIpc) is 2.36. The molecule has 1 aromatic carbocycles. The first-order valence-electron chi connectivity index (χ1n) is 6.15. The summed E-state index contributed by atoms with van der Waals surface area (Å²) in [6, 6.07) is 4.63. The van der Waals surface area contributed by atoms with E-state index in [9.17, 15) is 15.2 Å². The number of hydrogen-bond acceptors (Lipinski definition) is 5. The summed E-state index contributed by atoms with van der Waals surface area (Å²) in [5.41, 5.74) is 0.722. The standard InChI is InChI=1S/C13H19NO5/c1-3-6-19-13-8-10(7-11(15)9-18-2)4-5-12(13)14(16)17/h4-5,8,11,15H,3,6-7,9H2,1-2H3. The van der Waals surface area contributed by atoms with Gasteiger partial charge in [0.15, 0.2) is 5.75 Å². The Balaban J connectivity index is 2.87. The zero-order chi connectivity index (χ0) is 14.3. The fourth-order valence-electron chi connectivity index (χ4n) is 1.69. The molecule has 0 bridgehead atoms. The predicted octanol–water partition coefficient (Wildman–Crippen LogP) is 1.93. The molecule has 1 N–H and O–H groups in total. The van der Waals surface area contributed by atoms with E-state index >= 15 is 0 Å². The van der Waals surface area contributed by atoms with Crippen LogP contribution in [0.2, 0.25) is 0 Å². The molecule has 0 saturated heterocycles. The van der Waals surface area contributed by atoms with Gasteiger partial charge in [-0.1, -0.05) is 13.0 Å². The molecule has 0 heterocycles. The van der Waals surface area contributed by atoms with Gasteiger partial charge in [-0.3, -0.25) is 10.1 Å². The maximum Gasteiger partial charge on any atom is 0.310 e. The van der Waals surface area contributed by atoms with Crippen LogP contribution in [0.5, 0.6) is 5.75 Å². The van der Waals surface area contributed by atoms with Gasteiger partial charge in [-0.05, 0) is 18.1 Å². The van der Waals surface area contributed by atoms with Crippen LogP contribution < -0.4 is 4.74 Å². The SMILES string of the molecule is CCCOc1cc(CC(O)COC)ccc1[N+](=O)[O-]. The van der Waals surface area contributed by atoms with Gasteiger partial charge in [0.2, 0.25) is 0 Å². The molecule has 1 atom stereocenters. The van der Waals surface area contributed by atoms with Crippen LogP contribution >= 0.6 is 0 Å². The number of nitro groups is 1. The van der Waals surface area contributed by atoms with Gasteiger partial charge in [0.25, 0.3) is 0 Å². The summed E-state index contributed by atoms with van der Waals surface area (Å²) in [6.45, 7) is 2.57. The highest BCUT2D eigenvalue weighted by molar-refractivity contribution is 5.48.